The predicted octanol–water partition coefficient (Wildman–Crippen LogP) is 1.99. The van der Waals surface area contributed by atoms with E-state index in [0.717, 1.165) is 0 Å². The molecule has 1 aliphatic carbocycles. The van der Waals surface area contributed by atoms with E-state index in [4.69, 9.17) is 10.2 Å². The average Bonchev–Trinajstić information content (AvgIpc) is 2.26. The van der Waals surface area contributed by atoms with Gasteiger partial charge in [-0.05, 0) is 12.8 Å². The van der Waals surface area contributed by atoms with Crippen molar-refractivity contribution in [3.8, 4) is 0 Å². The summed E-state index contributed by atoms with van der Waals surface area (Å²) in [6.07, 6.45) is 10.0. The first-order chi connectivity index (χ1) is 7.51. The van der Waals surface area contributed by atoms with E-state index in [9.17, 15) is 9.59 Å². The van der Waals surface area contributed by atoms with Crippen molar-refractivity contribution in [2.24, 2.45) is 5.41 Å². The third kappa shape index (κ3) is 2.59. The SMILES string of the molecule is CCC1(C=C(C(=O)O)C(=O)O)C=CC=CC1. The van der Waals surface area contributed by atoms with E-state index in [1.54, 1.807) is 0 Å². The molecule has 1 unspecified atom stereocenters. The van der Waals surface area contributed by atoms with Gasteiger partial charge in [0.2, 0.25) is 0 Å². The Kier molecular flexibility index (Phi) is 3.66. The van der Waals surface area contributed by atoms with Crippen molar-refractivity contribution in [2.45, 2.75) is 19.8 Å². The normalized spacial score (nSPS) is 22.8. The van der Waals surface area contributed by atoms with E-state index in [1.807, 2.05) is 31.2 Å². The topological polar surface area (TPSA) is 74.6 Å². The van der Waals surface area contributed by atoms with E-state index in [-0.39, 0.29) is 0 Å². The lowest BCUT2D eigenvalue weighted by molar-refractivity contribution is -0.140. The van der Waals surface area contributed by atoms with Crippen molar-refractivity contribution in [3.05, 3.63) is 36.0 Å². The Bertz CT molecular complexity index is 374. The summed E-state index contributed by atoms with van der Waals surface area (Å²) in [5.41, 5.74) is -1.05. The molecular weight excluding hydrogens is 208 g/mol. The molecule has 0 aromatic carbocycles. The second kappa shape index (κ2) is 4.79. The number of rotatable bonds is 4. The minimum atomic E-state index is -1.40. The molecule has 0 fully saturated rings. The lowest BCUT2D eigenvalue weighted by atomic mass is 9.78. The van der Waals surface area contributed by atoms with Gasteiger partial charge < -0.3 is 10.2 Å². The highest BCUT2D eigenvalue weighted by molar-refractivity contribution is 6.12. The monoisotopic (exact) mass is 222 g/mol. The molecule has 0 saturated heterocycles. The third-order valence-corrected chi connectivity index (χ3v) is 2.72. The molecule has 4 nitrogen and oxygen atoms in total. The average molecular weight is 222 g/mol. The Balaban J connectivity index is 3.10. The Labute approximate surface area is 93.6 Å². The number of aliphatic carboxylic acids is 2. The number of hydrogen-bond donors (Lipinski definition) is 2. The lowest BCUT2D eigenvalue weighted by Gasteiger charge is -2.26. The van der Waals surface area contributed by atoms with E-state index in [1.165, 1.54) is 6.08 Å². The Morgan fingerprint density at radius 1 is 1.31 bits per heavy atom. The zero-order valence-electron chi connectivity index (χ0n) is 9.01. The summed E-state index contributed by atoms with van der Waals surface area (Å²) in [6.45, 7) is 1.90. The quantitative estimate of drug-likeness (QED) is 0.433. The Hall–Kier alpha value is -1.84. The van der Waals surface area contributed by atoms with Gasteiger partial charge in [0.05, 0.1) is 0 Å². The van der Waals surface area contributed by atoms with Crippen LogP contribution in [0, 0.1) is 5.41 Å². The summed E-state index contributed by atoms with van der Waals surface area (Å²) < 4.78 is 0. The zero-order valence-corrected chi connectivity index (χ0v) is 9.01. The molecule has 0 aromatic rings. The molecule has 0 spiro atoms. The van der Waals surface area contributed by atoms with Crippen LogP contribution in [0.5, 0.6) is 0 Å². The van der Waals surface area contributed by atoms with Gasteiger partial charge in [-0.15, -0.1) is 0 Å². The van der Waals surface area contributed by atoms with Gasteiger partial charge in [-0.2, -0.15) is 0 Å². The minimum absolute atomic E-state index is 0.485. The number of carboxylic acids is 2. The Morgan fingerprint density at radius 2 is 1.94 bits per heavy atom. The number of carbonyl (C=O) groups is 2. The van der Waals surface area contributed by atoms with Crippen LogP contribution in [0.3, 0.4) is 0 Å². The fraction of sp³-hybridized carbons (Fsp3) is 0.333. The first-order valence-electron chi connectivity index (χ1n) is 5.04. The van der Waals surface area contributed by atoms with Crippen molar-refractivity contribution >= 4 is 11.9 Å². The first kappa shape index (κ1) is 12.2. The van der Waals surface area contributed by atoms with Gasteiger partial charge in [-0.3, -0.25) is 0 Å². The van der Waals surface area contributed by atoms with Crippen LogP contribution in [0.1, 0.15) is 19.8 Å². The van der Waals surface area contributed by atoms with E-state index in [2.05, 4.69) is 0 Å². The van der Waals surface area contributed by atoms with Crippen LogP contribution >= 0.6 is 0 Å². The smallest absolute Gasteiger partial charge is 0.342 e. The minimum Gasteiger partial charge on any atom is -0.477 e. The van der Waals surface area contributed by atoms with Gasteiger partial charge in [0.15, 0.2) is 0 Å². The second-order valence-electron chi connectivity index (χ2n) is 3.75. The zero-order chi connectivity index (χ0) is 12.2. The van der Waals surface area contributed by atoms with E-state index >= 15 is 0 Å². The molecule has 1 aliphatic rings. The van der Waals surface area contributed by atoms with Gasteiger partial charge in [0.1, 0.15) is 5.57 Å². The summed E-state index contributed by atoms with van der Waals surface area (Å²) in [6, 6.07) is 0. The van der Waals surface area contributed by atoms with Gasteiger partial charge >= 0.3 is 11.9 Å². The molecule has 0 amide bonds. The largest absolute Gasteiger partial charge is 0.477 e. The van der Waals surface area contributed by atoms with Gasteiger partial charge in [0, 0.05) is 5.41 Å². The molecule has 2 N–H and O–H groups in total. The maximum atomic E-state index is 10.8. The summed E-state index contributed by atoms with van der Waals surface area (Å²) in [4.78, 5) is 21.6. The van der Waals surface area contributed by atoms with Crippen LogP contribution in [-0.2, 0) is 9.59 Å². The van der Waals surface area contributed by atoms with Crippen LogP contribution in [0.25, 0.3) is 0 Å². The highest BCUT2D eigenvalue weighted by Crippen LogP contribution is 2.34. The molecule has 0 saturated carbocycles. The van der Waals surface area contributed by atoms with Crippen molar-refractivity contribution in [1.82, 2.24) is 0 Å². The van der Waals surface area contributed by atoms with Crippen LogP contribution in [0.15, 0.2) is 36.0 Å². The number of allylic oxidation sites excluding steroid dienone is 5. The molecule has 16 heavy (non-hydrogen) atoms. The van der Waals surface area contributed by atoms with Crippen LogP contribution in [-0.4, -0.2) is 22.2 Å². The fourth-order valence-corrected chi connectivity index (χ4v) is 1.65. The van der Waals surface area contributed by atoms with E-state index in [0.29, 0.717) is 12.8 Å². The first-order valence-corrected chi connectivity index (χ1v) is 5.04. The molecule has 4 heteroatoms. The van der Waals surface area contributed by atoms with Crippen molar-refractivity contribution in [1.29, 1.82) is 0 Å². The van der Waals surface area contributed by atoms with Crippen molar-refractivity contribution in [2.75, 3.05) is 0 Å². The second-order valence-corrected chi connectivity index (χ2v) is 3.75. The van der Waals surface area contributed by atoms with Crippen molar-refractivity contribution in [3.63, 3.8) is 0 Å². The summed E-state index contributed by atoms with van der Waals surface area (Å²) in [5, 5.41) is 17.6. The molecule has 0 aromatic heterocycles. The number of carboxylic acid groups (broad SMARTS) is 2. The Morgan fingerprint density at radius 3 is 2.31 bits per heavy atom. The van der Waals surface area contributed by atoms with Crippen molar-refractivity contribution < 1.29 is 19.8 Å². The van der Waals surface area contributed by atoms with Crippen LogP contribution in [0.2, 0.25) is 0 Å². The van der Waals surface area contributed by atoms with Crippen LogP contribution < -0.4 is 0 Å². The highest BCUT2D eigenvalue weighted by Gasteiger charge is 2.27. The number of hydrogen-bond acceptors (Lipinski definition) is 2. The fourth-order valence-electron chi connectivity index (χ4n) is 1.65. The van der Waals surface area contributed by atoms with E-state index < -0.39 is 22.9 Å². The molecule has 86 valence electrons. The maximum Gasteiger partial charge on any atom is 0.342 e. The molecular formula is C12H14O4. The predicted molar refractivity (Wildman–Crippen MR) is 59.0 cm³/mol. The summed E-state index contributed by atoms with van der Waals surface area (Å²) >= 11 is 0. The molecule has 0 aliphatic heterocycles. The summed E-state index contributed by atoms with van der Waals surface area (Å²) in [5.74, 6) is -2.80. The molecule has 1 rings (SSSR count). The van der Waals surface area contributed by atoms with Crippen LogP contribution in [0.4, 0.5) is 0 Å². The molecule has 1 atom stereocenters. The van der Waals surface area contributed by atoms with Gasteiger partial charge in [0.25, 0.3) is 0 Å². The molecule has 0 bridgehead atoms. The van der Waals surface area contributed by atoms with Gasteiger partial charge in [-0.1, -0.05) is 37.3 Å². The van der Waals surface area contributed by atoms with Gasteiger partial charge in [-0.25, -0.2) is 9.59 Å². The third-order valence-electron chi connectivity index (χ3n) is 2.72. The lowest BCUT2D eigenvalue weighted by Crippen LogP contribution is -2.20. The molecule has 0 radical (unpaired) electrons. The highest BCUT2D eigenvalue weighted by atomic mass is 16.4. The summed E-state index contributed by atoms with van der Waals surface area (Å²) in [7, 11) is 0. The molecule has 0 heterocycles. The maximum absolute atomic E-state index is 10.8. The standard InChI is InChI=1S/C12H14O4/c1-2-12(6-4-3-5-7-12)8-9(10(13)14)11(15)16/h3-6,8H,2,7H2,1H3,(H,13,14)(H,15,16).